The topological polar surface area (TPSA) is 18.5 Å². The average Bonchev–Trinajstić information content (AvgIpc) is 0.722. The van der Waals surface area contributed by atoms with E-state index < -0.39 is 0 Å². The number of hydrogen-bond acceptors (Lipinski definition) is 3. The Hall–Kier alpha value is 0.270. The van der Waals surface area contributed by atoms with Crippen molar-refractivity contribution in [3.63, 3.8) is 0 Å². The highest BCUT2D eigenvalue weighted by atomic mass is 32.2. The highest BCUT2D eigenvalue weighted by Crippen LogP contribution is 2.13. The van der Waals surface area contributed by atoms with Crippen molar-refractivity contribution < 1.29 is 8.37 Å². The molecule has 0 radical (unpaired) electrons. The van der Waals surface area contributed by atoms with E-state index in [1.54, 1.807) is 0 Å². The fourth-order valence-electron chi connectivity index (χ4n) is 0.0481. The molecule has 0 spiro atoms. The van der Waals surface area contributed by atoms with E-state index in [1.165, 1.54) is 0 Å². The lowest BCUT2D eigenvalue weighted by Crippen LogP contribution is -1.97. The Morgan fingerprint density at radius 2 is 1.75 bits per heavy atom. The Balaban J connectivity index is 2.00. The summed E-state index contributed by atoms with van der Waals surface area (Å²) in [4.78, 5) is 0. The molecule has 0 aromatic carbocycles. The molecular weight excluding hydrogens is 76.1 g/mol. The second-order valence-electron chi connectivity index (χ2n) is 0.422. The summed E-state index contributed by atoms with van der Waals surface area (Å²) in [7, 11) is 0. The van der Waals surface area contributed by atoms with Gasteiger partial charge >= 0.3 is 0 Å². The van der Waals surface area contributed by atoms with E-state index in [1.807, 2.05) is 0 Å². The van der Waals surface area contributed by atoms with E-state index in [0.717, 1.165) is 12.3 Å². The van der Waals surface area contributed by atoms with Crippen LogP contribution >= 0.6 is 12.3 Å². The van der Waals surface area contributed by atoms with Crippen LogP contribution < -0.4 is 0 Å². The second kappa shape index (κ2) is 0.924. The SMILES string of the molecule is C1OSO1. The Morgan fingerprint density at radius 3 is 1.75 bits per heavy atom. The van der Waals surface area contributed by atoms with Crippen molar-refractivity contribution in [1.29, 1.82) is 0 Å². The Bertz CT molecular complexity index is 14.0. The number of rotatable bonds is 0. The van der Waals surface area contributed by atoms with Crippen molar-refractivity contribution >= 4 is 12.3 Å². The van der Waals surface area contributed by atoms with Crippen molar-refractivity contribution in [1.82, 2.24) is 0 Å². The summed E-state index contributed by atoms with van der Waals surface area (Å²) >= 11 is 1.04. The molecule has 0 atom stereocenters. The maximum absolute atomic E-state index is 4.42. The molecule has 24 valence electrons. The molecule has 1 aliphatic heterocycles. The zero-order valence-electron chi connectivity index (χ0n) is 1.93. The zero-order chi connectivity index (χ0) is 2.83. The lowest BCUT2D eigenvalue weighted by Gasteiger charge is -2.06. The van der Waals surface area contributed by atoms with Crippen molar-refractivity contribution in [3.05, 3.63) is 0 Å². The smallest absolute Gasteiger partial charge is 0.178 e. The second-order valence-corrected chi connectivity index (χ2v) is 1.03. The molecule has 4 heavy (non-hydrogen) atoms. The molecule has 0 aromatic rings. The molecule has 1 heterocycles. The molecule has 0 N–H and O–H groups in total. The van der Waals surface area contributed by atoms with Crippen molar-refractivity contribution in [2.75, 3.05) is 6.79 Å². The molecule has 0 saturated carbocycles. The van der Waals surface area contributed by atoms with Crippen LogP contribution in [0.25, 0.3) is 0 Å². The normalized spacial score (nSPS) is 24.0. The first-order chi connectivity index (χ1) is 2.00. The van der Waals surface area contributed by atoms with E-state index in [9.17, 15) is 0 Å². The highest BCUT2D eigenvalue weighted by Gasteiger charge is 1.97. The molecule has 1 aliphatic rings. The maximum Gasteiger partial charge on any atom is 0.178 e. The Kier molecular flexibility index (Phi) is 0.579. The summed E-state index contributed by atoms with van der Waals surface area (Å²) in [6, 6.07) is 0. The first-order valence-corrected chi connectivity index (χ1v) is 1.58. The molecule has 2 nitrogen and oxygen atoms in total. The van der Waals surface area contributed by atoms with Gasteiger partial charge in [0.2, 0.25) is 0 Å². The minimum absolute atomic E-state index is 0.463. The largest absolute Gasteiger partial charge is 0.261 e. The fourth-order valence-corrected chi connectivity index (χ4v) is 0.144. The summed E-state index contributed by atoms with van der Waals surface area (Å²) in [6.07, 6.45) is 0. The predicted octanol–water partition coefficient (Wildman–Crippen LogP) is 0.554. The van der Waals surface area contributed by atoms with E-state index in [2.05, 4.69) is 8.37 Å². The van der Waals surface area contributed by atoms with Gasteiger partial charge in [-0.15, -0.1) is 0 Å². The van der Waals surface area contributed by atoms with Gasteiger partial charge in [-0.1, -0.05) is 0 Å². The van der Waals surface area contributed by atoms with Crippen LogP contribution in [0.15, 0.2) is 0 Å². The van der Waals surface area contributed by atoms with Gasteiger partial charge in [-0.3, -0.25) is 8.37 Å². The van der Waals surface area contributed by atoms with E-state index >= 15 is 0 Å². The molecule has 1 rings (SSSR count). The molecule has 0 unspecified atom stereocenters. The van der Waals surface area contributed by atoms with E-state index in [-0.39, 0.29) is 0 Å². The van der Waals surface area contributed by atoms with Crippen molar-refractivity contribution in [2.45, 2.75) is 0 Å². The minimum atomic E-state index is 0.463. The maximum atomic E-state index is 4.42. The number of hydrogen-bond donors (Lipinski definition) is 0. The van der Waals surface area contributed by atoms with Gasteiger partial charge in [0, 0.05) is 0 Å². The monoisotopic (exact) mass is 78.0 g/mol. The first kappa shape index (κ1) is 2.50. The van der Waals surface area contributed by atoms with Crippen LogP contribution in [0.5, 0.6) is 0 Å². The Morgan fingerprint density at radius 1 is 1.50 bits per heavy atom. The first-order valence-electron chi connectivity index (χ1n) is 0.911. The molecule has 0 amide bonds. The van der Waals surface area contributed by atoms with Crippen molar-refractivity contribution in [3.8, 4) is 0 Å². The minimum Gasteiger partial charge on any atom is -0.261 e. The standard InChI is InChI=1S/CH2O2S/c1-2-4-3-1/h1H2. The molecule has 0 aliphatic carbocycles. The van der Waals surface area contributed by atoms with Gasteiger partial charge in [0.1, 0.15) is 0 Å². The van der Waals surface area contributed by atoms with Crippen molar-refractivity contribution in [2.24, 2.45) is 0 Å². The lowest BCUT2D eigenvalue weighted by molar-refractivity contribution is 0.0737. The molecule has 3 heteroatoms. The summed E-state index contributed by atoms with van der Waals surface area (Å²) in [5.41, 5.74) is 0. The van der Waals surface area contributed by atoms with Gasteiger partial charge in [0.25, 0.3) is 0 Å². The van der Waals surface area contributed by atoms with Crippen LogP contribution in [-0.2, 0) is 8.37 Å². The summed E-state index contributed by atoms with van der Waals surface area (Å²) in [5, 5.41) is 0. The highest BCUT2D eigenvalue weighted by molar-refractivity contribution is 7.90. The summed E-state index contributed by atoms with van der Waals surface area (Å²) < 4.78 is 8.83. The van der Waals surface area contributed by atoms with Gasteiger partial charge in [-0.05, 0) is 0 Å². The van der Waals surface area contributed by atoms with E-state index in [4.69, 9.17) is 0 Å². The van der Waals surface area contributed by atoms with Gasteiger partial charge in [0.15, 0.2) is 19.1 Å². The molecule has 0 aromatic heterocycles. The Labute approximate surface area is 28.5 Å². The summed E-state index contributed by atoms with van der Waals surface area (Å²) in [6.45, 7) is 0.463. The van der Waals surface area contributed by atoms with Crippen LogP contribution in [0, 0.1) is 0 Å². The van der Waals surface area contributed by atoms with E-state index in [0.29, 0.717) is 6.79 Å². The molecular formula is CH2O2S. The summed E-state index contributed by atoms with van der Waals surface area (Å²) in [5.74, 6) is 0. The fraction of sp³-hybridized carbons (Fsp3) is 1.00. The van der Waals surface area contributed by atoms with Crippen LogP contribution in [0.2, 0.25) is 0 Å². The zero-order valence-corrected chi connectivity index (χ0v) is 2.75. The molecule has 0 bridgehead atoms. The lowest BCUT2D eigenvalue weighted by atomic mass is 11.6. The molecule has 1 saturated heterocycles. The molecule has 1 fully saturated rings. The average molecular weight is 78.1 g/mol. The van der Waals surface area contributed by atoms with Gasteiger partial charge in [-0.25, -0.2) is 0 Å². The third-order valence-electron chi connectivity index (χ3n) is 0.192. The third-order valence-corrected chi connectivity index (χ3v) is 0.577. The van der Waals surface area contributed by atoms with Crippen LogP contribution in [0.4, 0.5) is 0 Å². The van der Waals surface area contributed by atoms with Gasteiger partial charge in [-0.2, -0.15) is 0 Å². The van der Waals surface area contributed by atoms with Crippen LogP contribution in [-0.4, -0.2) is 6.79 Å². The third kappa shape index (κ3) is 0.201. The van der Waals surface area contributed by atoms with Gasteiger partial charge in [0.05, 0.1) is 0 Å². The predicted molar refractivity (Wildman–Crippen MR) is 14.6 cm³/mol. The van der Waals surface area contributed by atoms with Gasteiger partial charge < -0.3 is 0 Å². The van der Waals surface area contributed by atoms with Crippen LogP contribution in [0.3, 0.4) is 0 Å². The quantitative estimate of drug-likeness (QED) is 0.394. The van der Waals surface area contributed by atoms with Crippen LogP contribution in [0.1, 0.15) is 0 Å².